The molecule has 0 fully saturated rings. The van der Waals surface area contributed by atoms with Gasteiger partial charge in [-0.05, 0) is 42.8 Å². The number of rotatable bonds is 3. The Morgan fingerprint density at radius 2 is 1.90 bits per heavy atom. The van der Waals surface area contributed by atoms with Crippen LogP contribution in [-0.4, -0.2) is 10.9 Å². The van der Waals surface area contributed by atoms with Gasteiger partial charge in [0.1, 0.15) is 4.99 Å². The molecule has 0 radical (unpaired) electrons. The molecule has 3 N–H and O–H groups in total. The molecule has 20 heavy (non-hydrogen) atoms. The molecule has 0 aliphatic rings. The smallest absolute Gasteiger partial charge is 0.255 e. The van der Waals surface area contributed by atoms with Gasteiger partial charge in [0.2, 0.25) is 0 Å². The maximum Gasteiger partial charge on any atom is 0.255 e. The number of benzene rings is 2. The van der Waals surface area contributed by atoms with Crippen LogP contribution in [0.1, 0.15) is 21.5 Å². The van der Waals surface area contributed by atoms with Crippen LogP contribution in [0.15, 0.2) is 46.9 Å². The van der Waals surface area contributed by atoms with E-state index in [1.54, 1.807) is 18.2 Å². The topological polar surface area (TPSA) is 55.1 Å². The van der Waals surface area contributed by atoms with Crippen LogP contribution >= 0.6 is 28.1 Å². The summed E-state index contributed by atoms with van der Waals surface area (Å²) in [5, 5.41) is 2.85. The van der Waals surface area contributed by atoms with Crippen LogP contribution in [-0.2, 0) is 0 Å². The van der Waals surface area contributed by atoms with E-state index in [2.05, 4.69) is 21.2 Å². The van der Waals surface area contributed by atoms with Crippen molar-refractivity contribution in [3.8, 4) is 0 Å². The molecule has 2 aromatic rings. The predicted octanol–water partition coefficient (Wildman–Crippen LogP) is 3.64. The van der Waals surface area contributed by atoms with Crippen molar-refractivity contribution < 1.29 is 4.79 Å². The third kappa shape index (κ3) is 3.23. The van der Waals surface area contributed by atoms with Crippen LogP contribution in [0.4, 0.5) is 5.69 Å². The number of carbonyl (C=O) groups is 1. The fourth-order valence-corrected chi connectivity index (χ4v) is 2.53. The third-order valence-electron chi connectivity index (χ3n) is 2.87. The minimum Gasteiger partial charge on any atom is -0.389 e. The number of hydrogen-bond acceptors (Lipinski definition) is 2. The summed E-state index contributed by atoms with van der Waals surface area (Å²) in [4.78, 5) is 12.6. The van der Waals surface area contributed by atoms with Crippen molar-refractivity contribution in [2.75, 3.05) is 5.32 Å². The molecule has 102 valence electrons. The first-order valence-electron chi connectivity index (χ1n) is 5.95. The second-order valence-corrected chi connectivity index (χ2v) is 5.68. The number of hydrogen-bond donors (Lipinski definition) is 2. The Balaban J connectivity index is 2.30. The molecule has 0 saturated heterocycles. The summed E-state index contributed by atoms with van der Waals surface area (Å²) in [7, 11) is 0. The highest BCUT2D eigenvalue weighted by Gasteiger charge is 2.12. The van der Waals surface area contributed by atoms with Crippen LogP contribution < -0.4 is 11.1 Å². The van der Waals surface area contributed by atoms with Crippen molar-refractivity contribution in [2.45, 2.75) is 6.92 Å². The summed E-state index contributed by atoms with van der Waals surface area (Å²) in [5.74, 6) is -0.182. The Hall–Kier alpha value is -1.72. The van der Waals surface area contributed by atoms with Gasteiger partial charge in [-0.3, -0.25) is 4.79 Å². The molecule has 2 rings (SSSR count). The Morgan fingerprint density at radius 1 is 1.20 bits per heavy atom. The molecular formula is C15H13BrN2OS. The first-order chi connectivity index (χ1) is 9.49. The van der Waals surface area contributed by atoms with Gasteiger partial charge in [0.15, 0.2) is 0 Å². The molecule has 0 heterocycles. The van der Waals surface area contributed by atoms with E-state index in [9.17, 15) is 4.79 Å². The lowest BCUT2D eigenvalue weighted by Crippen LogP contribution is -2.18. The quantitative estimate of drug-likeness (QED) is 0.832. The van der Waals surface area contributed by atoms with Crippen LogP contribution in [0.2, 0.25) is 0 Å². The highest BCUT2D eigenvalue weighted by molar-refractivity contribution is 9.10. The predicted molar refractivity (Wildman–Crippen MR) is 89.2 cm³/mol. The van der Waals surface area contributed by atoms with Crippen LogP contribution in [0.3, 0.4) is 0 Å². The Bertz CT molecular complexity index is 685. The molecule has 3 nitrogen and oxygen atoms in total. The van der Waals surface area contributed by atoms with Crippen LogP contribution in [0, 0.1) is 6.92 Å². The Labute approximate surface area is 131 Å². The maximum atomic E-state index is 12.3. The summed E-state index contributed by atoms with van der Waals surface area (Å²) in [5.41, 5.74) is 8.44. The van der Waals surface area contributed by atoms with E-state index in [1.165, 1.54) is 0 Å². The number of para-hydroxylation sites is 1. The number of amides is 1. The lowest BCUT2D eigenvalue weighted by atomic mass is 10.1. The fraction of sp³-hybridized carbons (Fsp3) is 0.0667. The summed E-state index contributed by atoms with van der Waals surface area (Å²) in [6.07, 6.45) is 0. The second-order valence-electron chi connectivity index (χ2n) is 4.32. The van der Waals surface area contributed by atoms with E-state index in [0.717, 1.165) is 10.0 Å². The Kier molecular flexibility index (Phi) is 4.52. The van der Waals surface area contributed by atoms with Crippen molar-refractivity contribution in [2.24, 2.45) is 5.73 Å². The van der Waals surface area contributed by atoms with Crippen LogP contribution in [0.5, 0.6) is 0 Å². The van der Waals surface area contributed by atoms with Gasteiger partial charge in [-0.2, -0.15) is 0 Å². The molecule has 0 aromatic heterocycles. The van der Waals surface area contributed by atoms with Crippen molar-refractivity contribution in [3.05, 3.63) is 63.6 Å². The standard InChI is InChI=1S/C15H13BrN2OS/c1-9-8-10(16)6-7-11(9)15(19)18-13-5-3-2-4-12(13)14(17)20/h2-8H,1H3,(H2,17,20)(H,18,19). The zero-order chi connectivity index (χ0) is 14.7. The lowest BCUT2D eigenvalue weighted by Gasteiger charge is -2.11. The molecule has 0 bridgehead atoms. The SMILES string of the molecule is Cc1cc(Br)ccc1C(=O)Nc1ccccc1C(N)=S. The second kappa shape index (κ2) is 6.15. The number of carbonyl (C=O) groups excluding carboxylic acids is 1. The number of nitrogens with one attached hydrogen (secondary N) is 1. The summed E-state index contributed by atoms with van der Waals surface area (Å²) < 4.78 is 0.940. The first kappa shape index (κ1) is 14.7. The van der Waals surface area contributed by atoms with Crippen LogP contribution in [0.25, 0.3) is 0 Å². The molecule has 0 saturated carbocycles. The monoisotopic (exact) mass is 348 g/mol. The van der Waals surface area contributed by atoms with Gasteiger partial charge in [-0.1, -0.05) is 40.3 Å². The average molecular weight is 349 g/mol. The third-order valence-corrected chi connectivity index (χ3v) is 3.59. The first-order valence-corrected chi connectivity index (χ1v) is 7.15. The number of nitrogens with two attached hydrogens (primary N) is 1. The molecule has 5 heteroatoms. The average Bonchev–Trinajstić information content (AvgIpc) is 2.38. The van der Waals surface area contributed by atoms with Crippen molar-refractivity contribution in [1.29, 1.82) is 0 Å². The van der Waals surface area contributed by atoms with E-state index in [-0.39, 0.29) is 10.9 Å². The number of aryl methyl sites for hydroxylation is 1. The number of thiocarbonyl (C=S) groups is 1. The molecule has 0 unspecified atom stereocenters. The van der Waals surface area contributed by atoms with Gasteiger partial charge >= 0.3 is 0 Å². The van der Waals surface area contributed by atoms with Gasteiger partial charge in [-0.25, -0.2) is 0 Å². The largest absolute Gasteiger partial charge is 0.389 e. The van der Waals surface area contributed by atoms with E-state index >= 15 is 0 Å². The molecule has 0 aliphatic carbocycles. The van der Waals surface area contributed by atoms with Gasteiger partial charge in [0.25, 0.3) is 5.91 Å². The van der Waals surface area contributed by atoms with Crippen molar-refractivity contribution >= 4 is 44.7 Å². The fourth-order valence-electron chi connectivity index (χ4n) is 1.88. The molecule has 0 spiro atoms. The molecular weight excluding hydrogens is 336 g/mol. The summed E-state index contributed by atoms with van der Waals surface area (Å²) >= 11 is 8.36. The summed E-state index contributed by atoms with van der Waals surface area (Å²) in [6, 6.07) is 12.7. The van der Waals surface area contributed by atoms with Gasteiger partial charge in [-0.15, -0.1) is 0 Å². The zero-order valence-corrected chi connectivity index (χ0v) is 13.2. The Morgan fingerprint density at radius 3 is 2.55 bits per heavy atom. The molecule has 1 amide bonds. The zero-order valence-electron chi connectivity index (χ0n) is 10.8. The minimum absolute atomic E-state index is 0.182. The van der Waals surface area contributed by atoms with E-state index in [1.807, 2.05) is 31.2 Å². The maximum absolute atomic E-state index is 12.3. The normalized spacial score (nSPS) is 10.1. The lowest BCUT2D eigenvalue weighted by molar-refractivity contribution is 0.102. The van der Waals surface area contributed by atoms with Gasteiger partial charge in [0, 0.05) is 15.6 Å². The van der Waals surface area contributed by atoms with Gasteiger partial charge in [0.05, 0.1) is 5.69 Å². The van der Waals surface area contributed by atoms with Crippen molar-refractivity contribution in [1.82, 2.24) is 0 Å². The molecule has 2 aromatic carbocycles. The number of anilines is 1. The molecule has 0 aliphatic heterocycles. The highest BCUT2D eigenvalue weighted by Crippen LogP contribution is 2.19. The number of halogens is 1. The summed E-state index contributed by atoms with van der Waals surface area (Å²) in [6.45, 7) is 1.89. The van der Waals surface area contributed by atoms with Crippen molar-refractivity contribution in [3.63, 3.8) is 0 Å². The molecule has 0 atom stereocenters. The van der Waals surface area contributed by atoms with E-state index in [4.69, 9.17) is 18.0 Å². The highest BCUT2D eigenvalue weighted by atomic mass is 79.9. The minimum atomic E-state index is -0.182. The van der Waals surface area contributed by atoms with Gasteiger partial charge < -0.3 is 11.1 Å². The van der Waals surface area contributed by atoms with E-state index in [0.29, 0.717) is 16.8 Å². The van der Waals surface area contributed by atoms with E-state index < -0.39 is 0 Å².